The minimum absolute atomic E-state index is 0.112. The van der Waals surface area contributed by atoms with E-state index in [0.29, 0.717) is 5.82 Å². The van der Waals surface area contributed by atoms with Gasteiger partial charge in [-0.3, -0.25) is 4.79 Å². The zero-order chi connectivity index (χ0) is 17.0. The number of hydrogen-bond donors (Lipinski definition) is 1. The Morgan fingerprint density at radius 2 is 2.29 bits per heavy atom. The molecule has 0 aromatic carbocycles. The van der Waals surface area contributed by atoms with Crippen molar-refractivity contribution in [1.82, 2.24) is 25.3 Å². The van der Waals surface area contributed by atoms with E-state index >= 15 is 0 Å². The van der Waals surface area contributed by atoms with Crippen LogP contribution in [0.5, 0.6) is 0 Å². The average Bonchev–Trinajstić information content (AvgIpc) is 3.30. The molecule has 2 aromatic rings. The molecule has 0 radical (unpaired) electrons. The lowest BCUT2D eigenvalue weighted by molar-refractivity contribution is -0.238. The second-order valence-corrected chi connectivity index (χ2v) is 5.01. The normalized spacial score (nSPS) is 22.7. The maximum absolute atomic E-state index is 12.2. The molecule has 1 amide bonds. The van der Waals surface area contributed by atoms with Crippen LogP contribution in [-0.4, -0.2) is 58.7 Å². The molecule has 2 aromatic heterocycles. The van der Waals surface area contributed by atoms with E-state index in [1.807, 2.05) is 0 Å². The molecule has 0 aliphatic carbocycles. The number of hydrogen-bond acceptors (Lipinski definition) is 7. The molecule has 0 saturated heterocycles. The maximum atomic E-state index is 12.2. The molecule has 3 rings (SSSR count). The summed E-state index contributed by atoms with van der Waals surface area (Å²) < 4.78 is 17.5. The molecule has 3 heterocycles. The number of carbonyl (C=O) groups excluding carboxylic acids is 1. The first-order chi connectivity index (χ1) is 11.7. The Bertz CT molecular complexity index is 716. The third kappa shape index (κ3) is 3.32. The number of ether oxygens (including phenoxy) is 3. The van der Waals surface area contributed by atoms with Crippen LogP contribution in [0.1, 0.15) is 10.5 Å². The van der Waals surface area contributed by atoms with Crippen molar-refractivity contribution in [3.05, 3.63) is 48.4 Å². The first kappa shape index (κ1) is 16.2. The van der Waals surface area contributed by atoms with Crippen molar-refractivity contribution in [2.75, 3.05) is 20.8 Å². The minimum Gasteiger partial charge on any atom is -0.352 e. The van der Waals surface area contributed by atoms with E-state index in [1.54, 1.807) is 47.4 Å². The molecule has 0 saturated carbocycles. The highest BCUT2D eigenvalue weighted by atomic mass is 16.8. The van der Waals surface area contributed by atoms with Gasteiger partial charge in [0.05, 0.1) is 6.54 Å². The molecule has 1 N–H and O–H groups in total. The Labute approximate surface area is 138 Å². The summed E-state index contributed by atoms with van der Waals surface area (Å²) in [5.74, 6) is -0.919. The van der Waals surface area contributed by atoms with Gasteiger partial charge in [-0.25, -0.2) is 4.68 Å². The summed E-state index contributed by atoms with van der Waals surface area (Å²) in [6, 6.07) is 5.00. The predicted molar refractivity (Wildman–Crippen MR) is 82.2 cm³/mol. The van der Waals surface area contributed by atoms with Crippen molar-refractivity contribution in [1.29, 1.82) is 0 Å². The van der Waals surface area contributed by atoms with E-state index in [9.17, 15) is 4.79 Å². The zero-order valence-corrected chi connectivity index (χ0v) is 13.2. The van der Waals surface area contributed by atoms with Gasteiger partial charge < -0.3 is 19.5 Å². The lowest BCUT2D eigenvalue weighted by atomic mass is 10.2. The molecule has 0 fully saturated rings. The van der Waals surface area contributed by atoms with E-state index in [-0.39, 0.29) is 18.1 Å². The van der Waals surface area contributed by atoms with Gasteiger partial charge in [0, 0.05) is 26.6 Å². The summed E-state index contributed by atoms with van der Waals surface area (Å²) in [5.41, 5.74) is 0.183. The first-order valence-electron chi connectivity index (χ1n) is 7.23. The molecule has 24 heavy (non-hydrogen) atoms. The summed E-state index contributed by atoms with van der Waals surface area (Å²) in [7, 11) is 3.02. The zero-order valence-electron chi connectivity index (χ0n) is 13.2. The second-order valence-electron chi connectivity index (χ2n) is 5.01. The third-order valence-corrected chi connectivity index (χ3v) is 3.52. The average molecular weight is 331 g/mol. The van der Waals surface area contributed by atoms with Crippen molar-refractivity contribution in [3.8, 4) is 5.82 Å². The van der Waals surface area contributed by atoms with Gasteiger partial charge in [-0.15, -0.1) is 10.2 Å². The Morgan fingerprint density at radius 1 is 1.42 bits per heavy atom. The Kier molecular flexibility index (Phi) is 4.65. The highest BCUT2D eigenvalue weighted by Gasteiger charge is 2.36. The van der Waals surface area contributed by atoms with Gasteiger partial charge in [-0.05, 0) is 30.4 Å². The largest absolute Gasteiger partial charge is 0.352 e. The molecule has 1 aliphatic rings. The lowest BCUT2D eigenvalue weighted by Gasteiger charge is -2.27. The van der Waals surface area contributed by atoms with Crippen LogP contribution in [-0.2, 0) is 14.2 Å². The molecular formula is C15H17N5O4. The molecule has 9 nitrogen and oxygen atoms in total. The number of nitrogens with one attached hydrogen (secondary N) is 1. The van der Waals surface area contributed by atoms with Gasteiger partial charge in [0.25, 0.3) is 5.91 Å². The predicted octanol–water partition coefficient (Wildman–Crippen LogP) is 0.294. The Morgan fingerprint density at radius 3 is 2.88 bits per heavy atom. The monoisotopic (exact) mass is 331 g/mol. The van der Waals surface area contributed by atoms with Gasteiger partial charge in [-0.1, -0.05) is 0 Å². The third-order valence-electron chi connectivity index (χ3n) is 3.52. The van der Waals surface area contributed by atoms with Crippen molar-refractivity contribution in [2.45, 2.75) is 12.1 Å². The van der Waals surface area contributed by atoms with Crippen molar-refractivity contribution < 1.29 is 19.0 Å². The van der Waals surface area contributed by atoms with Gasteiger partial charge in [0.1, 0.15) is 0 Å². The minimum atomic E-state index is -1.06. The fourth-order valence-electron chi connectivity index (χ4n) is 2.18. The number of aromatic nitrogens is 4. The lowest BCUT2D eigenvalue weighted by Crippen LogP contribution is -2.44. The molecule has 2 atom stereocenters. The van der Waals surface area contributed by atoms with E-state index in [0.717, 1.165) is 0 Å². The van der Waals surface area contributed by atoms with Gasteiger partial charge >= 0.3 is 0 Å². The van der Waals surface area contributed by atoms with Crippen molar-refractivity contribution in [2.24, 2.45) is 0 Å². The van der Waals surface area contributed by atoms with Crippen LogP contribution < -0.4 is 5.32 Å². The van der Waals surface area contributed by atoms with Gasteiger partial charge in [0.2, 0.25) is 5.79 Å². The van der Waals surface area contributed by atoms with Crippen LogP contribution >= 0.6 is 0 Å². The fourth-order valence-corrected chi connectivity index (χ4v) is 2.18. The highest BCUT2D eigenvalue weighted by molar-refractivity contribution is 5.92. The molecule has 0 spiro atoms. The van der Waals surface area contributed by atoms with Crippen molar-refractivity contribution >= 4 is 5.91 Å². The SMILES string of the molecule is CO[C@H]1C=C[C@@](CNC(=O)c2ccc(-n3cccn3)nn2)(OC)O1. The number of nitrogens with zero attached hydrogens (tertiary/aromatic N) is 4. The molecule has 1 aliphatic heterocycles. The van der Waals surface area contributed by atoms with E-state index in [4.69, 9.17) is 14.2 Å². The number of amides is 1. The summed E-state index contributed by atoms with van der Waals surface area (Å²) in [6.07, 6.45) is 6.29. The molecule has 126 valence electrons. The maximum Gasteiger partial charge on any atom is 0.272 e. The fraction of sp³-hybridized carbons (Fsp3) is 0.333. The quantitative estimate of drug-likeness (QED) is 0.760. The van der Waals surface area contributed by atoms with E-state index in [1.165, 1.54) is 14.2 Å². The van der Waals surface area contributed by atoms with Crippen LogP contribution in [0.15, 0.2) is 42.7 Å². The summed E-state index contributed by atoms with van der Waals surface area (Å²) >= 11 is 0. The standard InChI is InChI=1S/C15H17N5O4/c1-22-13-6-7-15(23-2,24-13)10-16-14(21)11-4-5-12(19-18-11)20-9-3-8-17-20/h3-9,13H,10H2,1-2H3,(H,16,21)/t13-,15-/m1/s1. The number of rotatable bonds is 6. The summed E-state index contributed by atoms with van der Waals surface area (Å²) in [6.45, 7) is 0.112. The van der Waals surface area contributed by atoms with Gasteiger partial charge in [0.15, 0.2) is 17.8 Å². The van der Waals surface area contributed by atoms with Crippen LogP contribution in [0, 0.1) is 0 Å². The summed E-state index contributed by atoms with van der Waals surface area (Å²) in [5, 5.41) is 14.6. The van der Waals surface area contributed by atoms with Crippen LogP contribution in [0.25, 0.3) is 5.82 Å². The van der Waals surface area contributed by atoms with Crippen LogP contribution in [0.3, 0.4) is 0 Å². The topological polar surface area (TPSA) is 100 Å². The summed E-state index contributed by atoms with van der Waals surface area (Å²) in [4.78, 5) is 12.2. The molecule has 0 unspecified atom stereocenters. The Hall–Kier alpha value is -2.62. The van der Waals surface area contributed by atoms with Crippen molar-refractivity contribution in [3.63, 3.8) is 0 Å². The van der Waals surface area contributed by atoms with Gasteiger partial charge in [-0.2, -0.15) is 5.10 Å². The smallest absolute Gasteiger partial charge is 0.272 e. The number of carbonyl (C=O) groups is 1. The van der Waals surface area contributed by atoms with E-state index in [2.05, 4.69) is 20.6 Å². The number of methoxy groups -OCH3 is 2. The highest BCUT2D eigenvalue weighted by Crippen LogP contribution is 2.24. The van der Waals surface area contributed by atoms with Crippen LogP contribution in [0.4, 0.5) is 0 Å². The molecule has 9 heteroatoms. The second kappa shape index (κ2) is 6.87. The molecular weight excluding hydrogens is 314 g/mol. The molecule has 0 bridgehead atoms. The first-order valence-corrected chi connectivity index (χ1v) is 7.23. The Balaban J connectivity index is 1.62. The van der Waals surface area contributed by atoms with Crippen LogP contribution in [0.2, 0.25) is 0 Å². The van der Waals surface area contributed by atoms with E-state index < -0.39 is 12.1 Å².